The molecule has 0 aliphatic rings. The molecule has 0 fully saturated rings. The predicted molar refractivity (Wildman–Crippen MR) is 74.4 cm³/mol. The number of hydrogen-bond acceptors (Lipinski definition) is 2. The summed E-state index contributed by atoms with van der Waals surface area (Å²) in [5.74, 6) is -0.109. The lowest BCUT2D eigenvalue weighted by Gasteiger charge is -2.09. The molecule has 0 heterocycles. The summed E-state index contributed by atoms with van der Waals surface area (Å²) < 4.78 is 19.2. The van der Waals surface area contributed by atoms with Crippen molar-refractivity contribution >= 4 is 21.6 Å². The van der Waals surface area contributed by atoms with Crippen LogP contribution in [0.5, 0.6) is 5.75 Å². The summed E-state index contributed by atoms with van der Waals surface area (Å²) in [5, 5.41) is 3.22. The molecule has 0 bridgehead atoms. The Bertz CT molecular complexity index is 528. The van der Waals surface area contributed by atoms with Gasteiger partial charge in [0, 0.05) is 22.8 Å². The zero-order valence-electron chi connectivity index (χ0n) is 9.91. The highest BCUT2D eigenvalue weighted by atomic mass is 79.9. The monoisotopic (exact) mass is 309 g/mol. The van der Waals surface area contributed by atoms with Crippen LogP contribution in [0.25, 0.3) is 0 Å². The maximum Gasteiger partial charge on any atom is 0.165 e. The molecule has 0 saturated heterocycles. The van der Waals surface area contributed by atoms with Crippen molar-refractivity contribution in [2.45, 2.75) is 6.54 Å². The fourth-order valence-corrected chi connectivity index (χ4v) is 1.84. The molecule has 0 atom stereocenters. The van der Waals surface area contributed by atoms with Gasteiger partial charge in [-0.05, 0) is 29.8 Å². The maximum absolute atomic E-state index is 13.2. The number of methoxy groups -OCH3 is 1. The number of halogens is 2. The lowest BCUT2D eigenvalue weighted by atomic mass is 10.2. The van der Waals surface area contributed by atoms with Crippen molar-refractivity contribution in [3.8, 4) is 5.75 Å². The first-order valence-electron chi connectivity index (χ1n) is 5.51. The normalized spacial score (nSPS) is 10.2. The number of benzene rings is 2. The summed E-state index contributed by atoms with van der Waals surface area (Å²) in [5.41, 5.74) is 1.98. The highest BCUT2D eigenvalue weighted by Gasteiger charge is 2.03. The van der Waals surface area contributed by atoms with Crippen molar-refractivity contribution in [3.05, 3.63) is 58.3 Å². The molecule has 0 aliphatic heterocycles. The van der Waals surface area contributed by atoms with E-state index >= 15 is 0 Å². The molecule has 0 saturated carbocycles. The molecule has 0 aliphatic carbocycles. The van der Waals surface area contributed by atoms with Crippen LogP contribution in [0.2, 0.25) is 0 Å². The average molecular weight is 310 g/mol. The molecule has 1 N–H and O–H groups in total. The fourth-order valence-electron chi connectivity index (χ4n) is 1.58. The second kappa shape index (κ2) is 5.87. The van der Waals surface area contributed by atoms with Crippen LogP contribution < -0.4 is 10.1 Å². The smallest absolute Gasteiger partial charge is 0.165 e. The molecule has 0 radical (unpaired) electrons. The average Bonchev–Trinajstić information content (AvgIpc) is 2.39. The van der Waals surface area contributed by atoms with Gasteiger partial charge in [0.25, 0.3) is 0 Å². The van der Waals surface area contributed by atoms with Crippen molar-refractivity contribution in [1.29, 1.82) is 0 Å². The predicted octanol–water partition coefficient (Wildman–Crippen LogP) is 4.21. The SMILES string of the molecule is COc1cc(NCc2ccc(Br)cc2)ccc1F. The van der Waals surface area contributed by atoms with Gasteiger partial charge in [-0.3, -0.25) is 0 Å². The second-order valence-electron chi connectivity index (χ2n) is 3.83. The Morgan fingerprint density at radius 3 is 2.56 bits per heavy atom. The molecule has 0 unspecified atom stereocenters. The van der Waals surface area contributed by atoms with Gasteiger partial charge in [0.2, 0.25) is 0 Å². The van der Waals surface area contributed by atoms with E-state index < -0.39 is 0 Å². The van der Waals surface area contributed by atoms with E-state index in [4.69, 9.17) is 4.74 Å². The molecule has 0 spiro atoms. The molecule has 2 aromatic rings. The molecule has 2 aromatic carbocycles. The third-order valence-electron chi connectivity index (χ3n) is 2.56. The van der Waals surface area contributed by atoms with Gasteiger partial charge < -0.3 is 10.1 Å². The number of ether oxygens (including phenoxy) is 1. The largest absolute Gasteiger partial charge is 0.494 e. The summed E-state index contributed by atoms with van der Waals surface area (Å²) in [6, 6.07) is 12.8. The van der Waals surface area contributed by atoms with Gasteiger partial charge in [-0.1, -0.05) is 28.1 Å². The molecular weight excluding hydrogens is 297 g/mol. The zero-order valence-corrected chi connectivity index (χ0v) is 11.5. The molecule has 2 rings (SSSR count). The Morgan fingerprint density at radius 1 is 1.17 bits per heavy atom. The maximum atomic E-state index is 13.2. The van der Waals surface area contributed by atoms with E-state index in [1.165, 1.54) is 13.2 Å². The minimum absolute atomic E-state index is 0.246. The highest BCUT2D eigenvalue weighted by molar-refractivity contribution is 9.10. The van der Waals surface area contributed by atoms with Crippen molar-refractivity contribution in [3.63, 3.8) is 0 Å². The first-order valence-corrected chi connectivity index (χ1v) is 6.30. The van der Waals surface area contributed by atoms with Gasteiger partial charge in [-0.25, -0.2) is 4.39 Å². The first kappa shape index (κ1) is 12.9. The lowest BCUT2D eigenvalue weighted by Crippen LogP contribution is -2.00. The molecule has 18 heavy (non-hydrogen) atoms. The van der Waals surface area contributed by atoms with Crippen LogP contribution in [0.1, 0.15) is 5.56 Å². The van der Waals surface area contributed by atoms with Crippen molar-refractivity contribution in [1.82, 2.24) is 0 Å². The molecular formula is C14H13BrFNO. The van der Waals surface area contributed by atoms with Gasteiger partial charge in [-0.2, -0.15) is 0 Å². The van der Waals surface area contributed by atoms with Gasteiger partial charge in [0.05, 0.1) is 7.11 Å². The number of rotatable bonds is 4. The van der Waals surface area contributed by atoms with E-state index in [1.54, 1.807) is 12.1 Å². The second-order valence-corrected chi connectivity index (χ2v) is 4.75. The Hall–Kier alpha value is -1.55. The van der Waals surface area contributed by atoms with Gasteiger partial charge >= 0.3 is 0 Å². The lowest BCUT2D eigenvalue weighted by molar-refractivity contribution is 0.387. The molecule has 0 amide bonds. The third-order valence-corrected chi connectivity index (χ3v) is 3.09. The van der Waals surface area contributed by atoms with E-state index in [1.807, 2.05) is 24.3 Å². The Labute approximate surface area is 114 Å². The summed E-state index contributed by atoms with van der Waals surface area (Å²) in [6.07, 6.45) is 0. The van der Waals surface area contributed by atoms with Crippen LogP contribution >= 0.6 is 15.9 Å². The van der Waals surface area contributed by atoms with Crippen LogP contribution in [-0.2, 0) is 6.54 Å². The minimum Gasteiger partial charge on any atom is -0.494 e. The summed E-state index contributed by atoms with van der Waals surface area (Å²) >= 11 is 3.39. The minimum atomic E-state index is -0.355. The van der Waals surface area contributed by atoms with Gasteiger partial charge in [0.15, 0.2) is 11.6 Å². The van der Waals surface area contributed by atoms with Crippen molar-refractivity contribution in [2.75, 3.05) is 12.4 Å². The van der Waals surface area contributed by atoms with Gasteiger partial charge in [-0.15, -0.1) is 0 Å². The standard InChI is InChI=1S/C14H13BrFNO/c1-18-14-8-12(6-7-13(14)16)17-9-10-2-4-11(15)5-3-10/h2-8,17H,9H2,1H3. The van der Waals surface area contributed by atoms with Gasteiger partial charge in [0.1, 0.15) is 0 Å². The number of anilines is 1. The van der Waals surface area contributed by atoms with Crippen molar-refractivity contribution < 1.29 is 9.13 Å². The van der Waals surface area contributed by atoms with E-state index in [0.29, 0.717) is 6.54 Å². The van der Waals surface area contributed by atoms with E-state index in [-0.39, 0.29) is 11.6 Å². The Balaban J connectivity index is 2.04. The van der Waals surface area contributed by atoms with Crippen LogP contribution in [-0.4, -0.2) is 7.11 Å². The molecule has 94 valence electrons. The van der Waals surface area contributed by atoms with Crippen LogP contribution in [0.3, 0.4) is 0 Å². The van der Waals surface area contributed by atoms with E-state index in [2.05, 4.69) is 21.2 Å². The fraction of sp³-hybridized carbons (Fsp3) is 0.143. The summed E-state index contributed by atoms with van der Waals surface area (Å²) in [6.45, 7) is 0.683. The summed E-state index contributed by atoms with van der Waals surface area (Å²) in [7, 11) is 1.46. The van der Waals surface area contributed by atoms with Crippen molar-refractivity contribution in [2.24, 2.45) is 0 Å². The van der Waals surface area contributed by atoms with E-state index in [9.17, 15) is 4.39 Å². The van der Waals surface area contributed by atoms with Crippen LogP contribution in [0, 0.1) is 5.82 Å². The summed E-state index contributed by atoms with van der Waals surface area (Å²) in [4.78, 5) is 0. The Morgan fingerprint density at radius 2 is 1.89 bits per heavy atom. The van der Waals surface area contributed by atoms with E-state index in [0.717, 1.165) is 15.7 Å². The zero-order chi connectivity index (χ0) is 13.0. The molecule has 0 aromatic heterocycles. The first-order chi connectivity index (χ1) is 8.69. The Kier molecular flexibility index (Phi) is 4.20. The number of hydrogen-bond donors (Lipinski definition) is 1. The van der Waals surface area contributed by atoms with Crippen LogP contribution in [0.15, 0.2) is 46.9 Å². The molecule has 4 heteroatoms. The highest BCUT2D eigenvalue weighted by Crippen LogP contribution is 2.22. The quantitative estimate of drug-likeness (QED) is 0.913. The molecule has 2 nitrogen and oxygen atoms in total. The topological polar surface area (TPSA) is 21.3 Å². The van der Waals surface area contributed by atoms with Crippen LogP contribution in [0.4, 0.5) is 10.1 Å². The third kappa shape index (κ3) is 3.23. The number of nitrogens with one attached hydrogen (secondary N) is 1.